The maximum Gasteiger partial charge on any atom is 0.378 e. The Morgan fingerprint density at radius 3 is 2.36 bits per heavy atom. The Morgan fingerprint density at radius 1 is 1.29 bits per heavy atom. The Labute approximate surface area is 84.0 Å². The van der Waals surface area contributed by atoms with Crippen LogP contribution in [0.15, 0.2) is 0 Å². The summed E-state index contributed by atoms with van der Waals surface area (Å²) in [6.07, 6.45) is 5.66. The van der Waals surface area contributed by atoms with E-state index < -0.39 is 0 Å². The van der Waals surface area contributed by atoms with E-state index in [1.807, 2.05) is 5.01 Å². The Bertz CT molecular complexity index is 278. The molecule has 2 saturated heterocycles. The normalized spacial score (nSPS) is 21.5. The fourth-order valence-corrected chi connectivity index (χ4v) is 1.84. The summed E-state index contributed by atoms with van der Waals surface area (Å²) in [5, 5.41) is 12.5. The molecule has 0 aromatic carbocycles. The highest BCUT2D eigenvalue weighted by atomic mass is 15.7. The van der Waals surface area contributed by atoms with E-state index in [0.717, 1.165) is 32.6 Å². The van der Waals surface area contributed by atoms with Gasteiger partial charge in [-0.05, 0) is 19.3 Å². The first-order chi connectivity index (χ1) is 6.83. The molecule has 2 aliphatic heterocycles. The first-order valence-electron chi connectivity index (χ1n) is 5.15. The lowest BCUT2D eigenvalue weighted by Gasteiger charge is -2.31. The van der Waals surface area contributed by atoms with E-state index in [-0.39, 0.29) is 0 Å². The topological polar surface area (TPSA) is 59.3 Å². The molecule has 0 saturated carbocycles. The van der Waals surface area contributed by atoms with Crippen molar-refractivity contribution < 1.29 is 4.58 Å². The van der Waals surface area contributed by atoms with Crippen LogP contribution >= 0.6 is 0 Å². The van der Waals surface area contributed by atoms with Crippen LogP contribution < -0.4 is 5.73 Å². The van der Waals surface area contributed by atoms with Crippen LogP contribution in [0.1, 0.15) is 19.3 Å². The van der Waals surface area contributed by atoms with Crippen molar-refractivity contribution in [3.8, 4) is 6.19 Å². The van der Waals surface area contributed by atoms with E-state index in [1.165, 1.54) is 17.9 Å². The third-order valence-corrected chi connectivity index (χ3v) is 2.86. The summed E-state index contributed by atoms with van der Waals surface area (Å²) >= 11 is 0. The fourth-order valence-electron chi connectivity index (χ4n) is 1.84. The van der Waals surface area contributed by atoms with Crippen molar-refractivity contribution >= 4 is 5.96 Å². The summed E-state index contributed by atoms with van der Waals surface area (Å²) in [7, 11) is 0. The number of hydrogen-bond donors (Lipinski definition) is 1. The average molecular weight is 194 g/mol. The predicted molar refractivity (Wildman–Crippen MR) is 52.1 cm³/mol. The van der Waals surface area contributed by atoms with Gasteiger partial charge >= 0.3 is 5.96 Å². The van der Waals surface area contributed by atoms with Crippen LogP contribution in [-0.2, 0) is 0 Å². The molecule has 0 bridgehead atoms. The minimum atomic E-state index is 0.602. The van der Waals surface area contributed by atoms with Crippen molar-refractivity contribution in [2.24, 2.45) is 5.73 Å². The maximum absolute atomic E-state index is 9.00. The van der Waals surface area contributed by atoms with E-state index >= 15 is 0 Å². The summed E-state index contributed by atoms with van der Waals surface area (Å²) in [6, 6.07) is 0. The lowest BCUT2D eigenvalue weighted by Crippen LogP contribution is -2.55. The van der Waals surface area contributed by atoms with Gasteiger partial charge in [0.25, 0.3) is 6.19 Å². The lowest BCUT2D eigenvalue weighted by atomic mass is 10.3. The van der Waals surface area contributed by atoms with E-state index in [1.54, 1.807) is 0 Å². The minimum Gasteiger partial charge on any atom is -0.288 e. The summed E-state index contributed by atoms with van der Waals surface area (Å²) in [6.45, 7) is 3.86. The second-order valence-corrected chi connectivity index (χ2v) is 3.77. The molecule has 0 spiro atoms. The molecule has 2 heterocycles. The van der Waals surface area contributed by atoms with Crippen LogP contribution in [0.5, 0.6) is 0 Å². The molecule has 14 heavy (non-hydrogen) atoms. The molecule has 0 aromatic heterocycles. The van der Waals surface area contributed by atoms with Gasteiger partial charge in [0, 0.05) is 13.1 Å². The van der Waals surface area contributed by atoms with E-state index in [4.69, 9.17) is 11.0 Å². The van der Waals surface area contributed by atoms with Crippen molar-refractivity contribution in [3.05, 3.63) is 0 Å². The van der Waals surface area contributed by atoms with E-state index in [9.17, 15) is 0 Å². The number of nitrogens with two attached hydrogens (primary N) is 1. The summed E-state index contributed by atoms with van der Waals surface area (Å²) in [5.74, 6) is 0.602. The molecule has 2 N–H and O–H groups in total. The summed E-state index contributed by atoms with van der Waals surface area (Å²) < 4.78 is 2.08. The van der Waals surface area contributed by atoms with Gasteiger partial charge in [0.15, 0.2) is 0 Å². The highest BCUT2D eigenvalue weighted by Crippen LogP contribution is 2.10. The molecule has 76 valence electrons. The predicted octanol–water partition coefficient (Wildman–Crippen LogP) is -0.489. The SMILES string of the molecule is N#CN(C(N)=[N+]1CCCC1)N1CCC1. The number of guanidine groups is 1. The monoisotopic (exact) mass is 194 g/mol. The average Bonchev–Trinajstić information content (AvgIpc) is 2.62. The van der Waals surface area contributed by atoms with Crippen molar-refractivity contribution in [1.29, 1.82) is 5.26 Å². The lowest BCUT2D eigenvalue weighted by molar-refractivity contribution is -0.513. The van der Waals surface area contributed by atoms with Gasteiger partial charge in [0.1, 0.15) is 0 Å². The second kappa shape index (κ2) is 3.84. The molecule has 0 amide bonds. The number of hydrogen-bond acceptors (Lipinski definition) is 2. The van der Waals surface area contributed by atoms with Gasteiger partial charge in [0.2, 0.25) is 0 Å². The number of nitrogens with zero attached hydrogens (tertiary/aromatic N) is 4. The number of hydrazine groups is 1. The van der Waals surface area contributed by atoms with Crippen LogP contribution in [0.3, 0.4) is 0 Å². The maximum atomic E-state index is 9.00. The Kier molecular flexibility index (Phi) is 2.55. The van der Waals surface area contributed by atoms with Gasteiger partial charge in [-0.25, -0.2) is 0 Å². The van der Waals surface area contributed by atoms with Gasteiger partial charge in [-0.1, -0.05) is 5.01 Å². The zero-order chi connectivity index (χ0) is 9.97. The molecule has 0 aromatic rings. The van der Waals surface area contributed by atoms with Gasteiger partial charge in [-0.15, -0.1) is 0 Å². The van der Waals surface area contributed by atoms with Gasteiger partial charge in [0.05, 0.1) is 13.1 Å². The fraction of sp³-hybridized carbons (Fsp3) is 0.778. The highest BCUT2D eigenvalue weighted by molar-refractivity contribution is 5.74. The Balaban J connectivity index is 2.10. The summed E-state index contributed by atoms with van der Waals surface area (Å²) in [4.78, 5) is 0. The van der Waals surface area contributed by atoms with Crippen molar-refractivity contribution in [1.82, 2.24) is 10.0 Å². The van der Waals surface area contributed by atoms with Crippen molar-refractivity contribution in [2.75, 3.05) is 26.2 Å². The third kappa shape index (κ3) is 1.53. The van der Waals surface area contributed by atoms with Crippen LogP contribution in [0, 0.1) is 11.5 Å². The third-order valence-electron chi connectivity index (χ3n) is 2.86. The molecule has 2 fully saturated rings. The molecule has 5 heteroatoms. The van der Waals surface area contributed by atoms with E-state index in [2.05, 4.69) is 10.8 Å². The van der Waals surface area contributed by atoms with Crippen LogP contribution in [0.25, 0.3) is 0 Å². The van der Waals surface area contributed by atoms with Gasteiger partial charge in [-0.2, -0.15) is 10.3 Å². The van der Waals surface area contributed by atoms with Gasteiger partial charge in [-0.3, -0.25) is 10.3 Å². The van der Waals surface area contributed by atoms with Crippen molar-refractivity contribution in [3.63, 3.8) is 0 Å². The quantitative estimate of drug-likeness (QED) is 0.265. The molecular formula is C9H16N5+. The second-order valence-electron chi connectivity index (χ2n) is 3.77. The Hall–Kier alpha value is -1.28. The standard InChI is InChI=1S/C9H15N5/c10-8-14(13-6-3-7-13)9(11)12-4-1-2-5-12/h11H,1-7H2/p+1. The van der Waals surface area contributed by atoms with Gasteiger partial charge < -0.3 is 0 Å². The van der Waals surface area contributed by atoms with Crippen LogP contribution in [0.4, 0.5) is 0 Å². The van der Waals surface area contributed by atoms with E-state index in [0.29, 0.717) is 5.96 Å². The zero-order valence-electron chi connectivity index (χ0n) is 8.32. The molecule has 5 nitrogen and oxygen atoms in total. The number of rotatable bonds is 1. The molecule has 0 atom stereocenters. The van der Waals surface area contributed by atoms with Crippen molar-refractivity contribution in [2.45, 2.75) is 19.3 Å². The van der Waals surface area contributed by atoms with Crippen LogP contribution in [-0.4, -0.2) is 46.7 Å². The largest absolute Gasteiger partial charge is 0.378 e. The molecule has 2 aliphatic rings. The van der Waals surface area contributed by atoms with Crippen LogP contribution in [0.2, 0.25) is 0 Å². The Morgan fingerprint density at radius 2 is 1.93 bits per heavy atom. The smallest absolute Gasteiger partial charge is 0.288 e. The molecule has 2 rings (SSSR count). The highest BCUT2D eigenvalue weighted by Gasteiger charge is 2.31. The molecule has 0 radical (unpaired) electrons. The molecule has 0 unspecified atom stereocenters. The number of nitriles is 1. The zero-order valence-corrected chi connectivity index (χ0v) is 8.32. The first-order valence-corrected chi connectivity index (χ1v) is 5.15. The minimum absolute atomic E-state index is 0.602. The molecule has 0 aliphatic carbocycles. The molecular weight excluding hydrogens is 178 g/mol. The first kappa shape index (κ1) is 9.28. The summed E-state index contributed by atoms with van der Waals surface area (Å²) in [5.41, 5.74) is 5.95.